The lowest BCUT2D eigenvalue weighted by Gasteiger charge is -2.40. The highest BCUT2D eigenvalue weighted by Crippen LogP contribution is 2.50. The third kappa shape index (κ3) is 4.90. The largest absolute Gasteiger partial charge is 0.496 e. The summed E-state index contributed by atoms with van der Waals surface area (Å²) >= 11 is 0. The van der Waals surface area contributed by atoms with Crippen LogP contribution in [-0.4, -0.2) is 25.7 Å². The van der Waals surface area contributed by atoms with Crippen molar-refractivity contribution >= 4 is 14.2 Å². The number of Topliss-reactive ketones (excluding diaryl/α,β-unsaturated/α-hetero) is 1. The number of unbranched alkanes of at least 4 members (excludes halogenated alkanes) is 3. The predicted octanol–water partition coefficient (Wildman–Crippen LogP) is 6.47. The molecule has 1 aromatic carbocycles. The minimum absolute atomic E-state index is 0.0420. The predicted molar refractivity (Wildman–Crippen MR) is 110 cm³/mol. The Kier molecular flexibility index (Phi) is 8.76. The van der Waals surface area contributed by atoms with Crippen LogP contribution in [0.5, 0.6) is 11.5 Å². The van der Waals surface area contributed by atoms with Gasteiger partial charge in [-0.15, -0.1) is 0 Å². The van der Waals surface area contributed by atoms with E-state index in [4.69, 9.17) is 9.47 Å². The van der Waals surface area contributed by atoms with E-state index in [1.807, 2.05) is 6.07 Å². The summed E-state index contributed by atoms with van der Waals surface area (Å²) in [6, 6.07) is 5.44. The molecule has 0 radical (unpaired) electrons. The van der Waals surface area contributed by atoms with Gasteiger partial charge < -0.3 is 9.47 Å². The summed E-state index contributed by atoms with van der Waals surface area (Å²) in [4.78, 5) is 13.9. The quantitative estimate of drug-likeness (QED) is 0.246. The number of benzene rings is 1. The summed E-state index contributed by atoms with van der Waals surface area (Å²) < 4.78 is 23.2. The number of rotatable bonds is 11. The molecule has 0 N–H and O–H groups in total. The number of carbonyl (C=O) groups excluding carboxylic acids is 1. The van der Waals surface area contributed by atoms with Crippen molar-refractivity contribution in [1.82, 2.24) is 0 Å². The lowest BCUT2D eigenvalue weighted by molar-refractivity contribution is 0.0687. The monoisotopic (exact) mass is 392 g/mol. The van der Waals surface area contributed by atoms with E-state index in [2.05, 4.69) is 6.92 Å². The molecule has 0 bridgehead atoms. The van der Waals surface area contributed by atoms with Crippen LogP contribution in [-0.2, 0) is 4.57 Å². The Labute approximate surface area is 165 Å². The highest BCUT2D eigenvalue weighted by molar-refractivity contribution is 7.24. The van der Waals surface area contributed by atoms with E-state index in [-0.39, 0.29) is 19.9 Å². The van der Waals surface area contributed by atoms with Gasteiger partial charge in [0.25, 0.3) is 0 Å². The first kappa shape index (κ1) is 21.9. The zero-order chi connectivity index (χ0) is 19.7. The van der Waals surface area contributed by atoms with E-state index in [0.29, 0.717) is 17.1 Å². The Morgan fingerprint density at radius 3 is 2.22 bits per heavy atom. The molecule has 0 amide bonds. The van der Waals surface area contributed by atoms with Gasteiger partial charge in [-0.1, -0.05) is 57.9 Å². The van der Waals surface area contributed by atoms with E-state index >= 15 is 0 Å². The van der Waals surface area contributed by atoms with Crippen LogP contribution in [0.2, 0.25) is 0 Å². The molecule has 1 aliphatic rings. The lowest BCUT2D eigenvalue weighted by Crippen LogP contribution is -2.42. The molecular formula is C22H33O4P. The van der Waals surface area contributed by atoms with Crippen molar-refractivity contribution < 1.29 is 18.8 Å². The second kappa shape index (κ2) is 10.8. The number of hydrogen-bond acceptors (Lipinski definition) is 4. The summed E-state index contributed by atoms with van der Waals surface area (Å²) in [6.45, 7) is 2.18. The molecule has 1 atom stereocenters. The van der Waals surface area contributed by atoms with Crippen LogP contribution in [0, 0.1) is 5.41 Å². The Balaban J connectivity index is 2.40. The molecule has 1 fully saturated rings. The first-order valence-corrected chi connectivity index (χ1v) is 11.1. The van der Waals surface area contributed by atoms with Gasteiger partial charge in [-0.25, -0.2) is 0 Å². The van der Waals surface area contributed by atoms with Crippen molar-refractivity contribution in [1.29, 1.82) is 0 Å². The zero-order valence-corrected chi connectivity index (χ0v) is 17.9. The maximum Gasteiger partial charge on any atom is 0.177 e. The Morgan fingerprint density at radius 2 is 1.70 bits per heavy atom. The molecule has 1 aromatic rings. The van der Waals surface area contributed by atoms with Crippen LogP contribution in [0.4, 0.5) is 0 Å². The fourth-order valence-corrected chi connectivity index (χ4v) is 5.28. The number of methoxy groups -OCH3 is 2. The average molecular weight is 392 g/mol. The highest BCUT2D eigenvalue weighted by atomic mass is 31.1. The van der Waals surface area contributed by atoms with Gasteiger partial charge in [-0.05, 0) is 31.4 Å². The van der Waals surface area contributed by atoms with Crippen molar-refractivity contribution in [2.45, 2.75) is 76.8 Å². The van der Waals surface area contributed by atoms with Crippen LogP contribution in [0.15, 0.2) is 18.2 Å². The summed E-state index contributed by atoms with van der Waals surface area (Å²) in [5.41, 5.74) is -0.223. The van der Waals surface area contributed by atoms with Crippen molar-refractivity contribution in [2.24, 2.45) is 5.41 Å². The Hall–Kier alpha value is -1.41. The van der Waals surface area contributed by atoms with Gasteiger partial charge in [0.05, 0.1) is 19.9 Å². The van der Waals surface area contributed by atoms with Gasteiger partial charge in [-0.3, -0.25) is 9.36 Å². The van der Waals surface area contributed by atoms with Crippen LogP contribution in [0.1, 0.15) is 81.5 Å². The van der Waals surface area contributed by atoms with Gasteiger partial charge in [-0.2, -0.15) is 0 Å². The molecule has 2 rings (SSSR count). The first-order chi connectivity index (χ1) is 13.1. The molecule has 0 saturated heterocycles. The summed E-state index contributed by atoms with van der Waals surface area (Å²) in [5.74, 6) is 1.12. The summed E-state index contributed by atoms with van der Waals surface area (Å²) in [6.07, 6.45) is 10.1. The number of hydrogen-bond donors (Lipinski definition) is 0. The third-order valence-electron chi connectivity index (χ3n) is 5.95. The maximum absolute atomic E-state index is 13.9. The average Bonchev–Trinajstić information content (AvgIpc) is 2.73. The van der Waals surface area contributed by atoms with E-state index in [0.717, 1.165) is 51.4 Å². The molecule has 1 saturated carbocycles. The number of ether oxygens (including phenoxy) is 2. The lowest BCUT2D eigenvalue weighted by atomic mass is 9.66. The van der Waals surface area contributed by atoms with Crippen LogP contribution in [0.25, 0.3) is 0 Å². The Bertz CT molecular complexity index is 600. The molecule has 0 heterocycles. The van der Waals surface area contributed by atoms with Gasteiger partial charge >= 0.3 is 0 Å². The van der Waals surface area contributed by atoms with Crippen LogP contribution >= 0.6 is 8.46 Å². The van der Waals surface area contributed by atoms with Gasteiger partial charge in [0.1, 0.15) is 17.1 Å². The SMILES string of the molecule is CCCCCCC(P=O)C1(C(=O)c2c(OC)cccc2OC)CCCCC1. The van der Waals surface area contributed by atoms with Gasteiger partial charge in [0.2, 0.25) is 0 Å². The van der Waals surface area contributed by atoms with E-state index in [1.54, 1.807) is 26.4 Å². The van der Waals surface area contributed by atoms with Crippen LogP contribution < -0.4 is 9.47 Å². The second-order valence-corrected chi connectivity index (χ2v) is 8.39. The highest BCUT2D eigenvalue weighted by Gasteiger charge is 2.48. The molecule has 0 aliphatic heterocycles. The third-order valence-corrected chi connectivity index (χ3v) is 6.96. The standard InChI is InChI=1S/C22H33O4P/c1-4-5-6-8-14-19(27-24)22(15-9-7-10-16-22)21(23)20-17(25-2)12-11-13-18(20)26-3/h11-13,19H,4-10,14-16H2,1-3H3. The van der Waals surface area contributed by atoms with E-state index in [9.17, 15) is 9.36 Å². The molecule has 1 aliphatic carbocycles. The molecule has 27 heavy (non-hydrogen) atoms. The molecule has 0 spiro atoms. The molecule has 1 unspecified atom stereocenters. The van der Waals surface area contributed by atoms with E-state index < -0.39 is 5.41 Å². The fraction of sp³-hybridized carbons (Fsp3) is 0.682. The second-order valence-electron chi connectivity index (χ2n) is 7.55. The van der Waals surface area contributed by atoms with Crippen molar-refractivity contribution in [2.75, 3.05) is 14.2 Å². The van der Waals surface area contributed by atoms with Crippen molar-refractivity contribution in [3.63, 3.8) is 0 Å². The van der Waals surface area contributed by atoms with Gasteiger partial charge in [0, 0.05) is 5.41 Å². The number of ketones is 1. The molecular weight excluding hydrogens is 359 g/mol. The zero-order valence-electron chi connectivity index (χ0n) is 17.0. The Morgan fingerprint density at radius 1 is 1.07 bits per heavy atom. The van der Waals surface area contributed by atoms with Crippen molar-refractivity contribution in [3.05, 3.63) is 23.8 Å². The smallest absolute Gasteiger partial charge is 0.177 e. The topological polar surface area (TPSA) is 52.6 Å². The first-order valence-electron chi connectivity index (χ1n) is 10.2. The molecule has 150 valence electrons. The number of carbonyl (C=O) groups is 1. The van der Waals surface area contributed by atoms with E-state index in [1.165, 1.54) is 12.8 Å². The van der Waals surface area contributed by atoms with Crippen molar-refractivity contribution in [3.8, 4) is 11.5 Å². The van der Waals surface area contributed by atoms with Gasteiger partial charge in [0.15, 0.2) is 14.2 Å². The molecule has 5 heteroatoms. The maximum atomic E-state index is 13.9. The minimum Gasteiger partial charge on any atom is -0.496 e. The minimum atomic E-state index is -0.588. The summed E-state index contributed by atoms with van der Waals surface area (Å²) in [7, 11) is 3.24. The van der Waals surface area contributed by atoms with Crippen LogP contribution in [0.3, 0.4) is 0 Å². The summed E-state index contributed by atoms with van der Waals surface area (Å²) in [5, 5.41) is 0. The molecule has 4 nitrogen and oxygen atoms in total. The molecule has 0 aromatic heterocycles. The normalized spacial score (nSPS) is 17.4. The fourth-order valence-electron chi connectivity index (χ4n) is 4.41.